The van der Waals surface area contributed by atoms with Gasteiger partial charge in [-0.25, -0.2) is 4.39 Å². The first kappa shape index (κ1) is 13.2. The van der Waals surface area contributed by atoms with E-state index >= 15 is 0 Å². The van der Waals surface area contributed by atoms with Gasteiger partial charge in [-0.15, -0.1) is 0 Å². The fourth-order valence-corrected chi connectivity index (χ4v) is 1.69. The number of nitrogens with one attached hydrogen (secondary N) is 1. The van der Waals surface area contributed by atoms with E-state index in [4.69, 9.17) is 4.74 Å². The minimum atomic E-state index is -0.614. The van der Waals surface area contributed by atoms with E-state index in [-0.39, 0.29) is 17.0 Å². The van der Waals surface area contributed by atoms with Crippen molar-refractivity contribution in [2.45, 2.75) is 13.0 Å². The van der Waals surface area contributed by atoms with E-state index in [1.54, 1.807) is 13.0 Å². The van der Waals surface area contributed by atoms with Crippen LogP contribution in [0.1, 0.15) is 18.9 Å². The van der Waals surface area contributed by atoms with Crippen molar-refractivity contribution in [3.63, 3.8) is 0 Å². The number of hydrogen-bond acceptors (Lipinski definition) is 4. The maximum atomic E-state index is 13.6. The van der Waals surface area contributed by atoms with Crippen molar-refractivity contribution in [1.29, 1.82) is 0 Å². The van der Waals surface area contributed by atoms with E-state index in [9.17, 15) is 14.3 Å². The predicted molar refractivity (Wildman–Crippen MR) is 67.3 cm³/mol. The maximum absolute atomic E-state index is 13.6. The first-order valence-electron chi connectivity index (χ1n) is 5.65. The maximum Gasteiger partial charge on any atom is 0.262 e. The number of halogens is 1. The third-order valence-corrected chi connectivity index (χ3v) is 2.80. The molecule has 2 N–H and O–H groups in total. The molecule has 0 bridgehead atoms. The van der Waals surface area contributed by atoms with Crippen molar-refractivity contribution < 1.29 is 14.2 Å². The Labute approximate surface area is 108 Å². The van der Waals surface area contributed by atoms with Crippen LogP contribution in [0.25, 0.3) is 11.1 Å². The van der Waals surface area contributed by atoms with E-state index in [0.717, 1.165) is 0 Å². The van der Waals surface area contributed by atoms with Crippen LogP contribution in [0.2, 0.25) is 0 Å². The second kappa shape index (κ2) is 5.19. The molecule has 1 atom stereocenters. The lowest BCUT2D eigenvalue weighted by molar-refractivity contribution is 0.111. The zero-order valence-corrected chi connectivity index (χ0v) is 10.5. The highest BCUT2D eigenvalue weighted by Gasteiger charge is 2.18. The van der Waals surface area contributed by atoms with Gasteiger partial charge in [-0.1, -0.05) is 18.2 Å². The molecule has 0 aliphatic heterocycles. The van der Waals surface area contributed by atoms with Crippen LogP contribution >= 0.6 is 0 Å². The van der Waals surface area contributed by atoms with Gasteiger partial charge >= 0.3 is 0 Å². The molecule has 5 nitrogen and oxygen atoms in total. The van der Waals surface area contributed by atoms with Gasteiger partial charge in [0, 0.05) is 12.7 Å². The van der Waals surface area contributed by atoms with Crippen LogP contribution in [0.15, 0.2) is 29.1 Å². The Balaban J connectivity index is 2.61. The van der Waals surface area contributed by atoms with Gasteiger partial charge in [0.1, 0.15) is 23.3 Å². The number of benzene rings is 1. The number of rotatable bonds is 3. The van der Waals surface area contributed by atoms with Gasteiger partial charge in [0.25, 0.3) is 5.56 Å². The second-order valence-electron chi connectivity index (χ2n) is 4.01. The molecule has 1 aromatic heterocycles. The molecule has 0 aliphatic carbocycles. The summed E-state index contributed by atoms with van der Waals surface area (Å²) in [7, 11) is 1.45. The third-order valence-electron chi connectivity index (χ3n) is 2.80. The molecule has 1 aromatic carbocycles. The standard InChI is InChI=1S/C13H13FN2O3/c1-7(19-2)11-15-12(17)10(13(18)16-11)8-5-3-4-6-9(8)14/h3-7H,1-2H3,(H2,15,16,17,18). The SMILES string of the molecule is COC(C)c1nc(O)c(-c2ccccc2F)c(=O)[nH]1. The molecule has 0 spiro atoms. The van der Waals surface area contributed by atoms with Gasteiger partial charge < -0.3 is 14.8 Å². The van der Waals surface area contributed by atoms with Crippen LogP contribution in [-0.4, -0.2) is 22.2 Å². The molecule has 6 heteroatoms. The fourth-order valence-electron chi connectivity index (χ4n) is 1.69. The lowest BCUT2D eigenvalue weighted by Crippen LogP contribution is -2.16. The summed E-state index contributed by atoms with van der Waals surface area (Å²) in [6.07, 6.45) is -0.478. The van der Waals surface area contributed by atoms with Crippen LogP contribution in [0.3, 0.4) is 0 Å². The number of aromatic nitrogens is 2. The number of methoxy groups -OCH3 is 1. The Kier molecular flexibility index (Phi) is 3.62. The predicted octanol–water partition coefficient (Wildman–Crippen LogP) is 1.99. The van der Waals surface area contributed by atoms with Crippen LogP contribution in [-0.2, 0) is 4.74 Å². The summed E-state index contributed by atoms with van der Waals surface area (Å²) in [5.41, 5.74) is -0.799. The van der Waals surface area contributed by atoms with E-state index in [1.165, 1.54) is 25.3 Å². The van der Waals surface area contributed by atoms with Crippen molar-refractivity contribution in [2.24, 2.45) is 0 Å². The van der Waals surface area contributed by atoms with Gasteiger partial charge in [-0.3, -0.25) is 4.79 Å². The molecule has 1 heterocycles. The highest BCUT2D eigenvalue weighted by Crippen LogP contribution is 2.26. The number of ether oxygens (including phenoxy) is 1. The molecule has 0 fully saturated rings. The first-order chi connectivity index (χ1) is 9.04. The summed E-state index contributed by atoms with van der Waals surface area (Å²) >= 11 is 0. The highest BCUT2D eigenvalue weighted by molar-refractivity contribution is 5.67. The van der Waals surface area contributed by atoms with E-state index in [2.05, 4.69) is 9.97 Å². The van der Waals surface area contributed by atoms with E-state index in [0.29, 0.717) is 0 Å². The summed E-state index contributed by atoms with van der Waals surface area (Å²) in [5, 5.41) is 9.84. The topological polar surface area (TPSA) is 75.2 Å². The summed E-state index contributed by atoms with van der Waals surface area (Å²) in [6, 6.07) is 5.68. The molecule has 0 aliphatic rings. The Bertz CT molecular complexity index is 655. The third kappa shape index (κ3) is 2.48. The molecule has 0 radical (unpaired) electrons. The second-order valence-corrected chi connectivity index (χ2v) is 4.01. The Morgan fingerprint density at radius 3 is 2.68 bits per heavy atom. The highest BCUT2D eigenvalue weighted by atomic mass is 19.1. The monoisotopic (exact) mass is 264 g/mol. The van der Waals surface area contributed by atoms with Gasteiger partial charge in [-0.05, 0) is 13.0 Å². The van der Waals surface area contributed by atoms with Crippen LogP contribution in [0.5, 0.6) is 5.88 Å². The van der Waals surface area contributed by atoms with Crippen molar-refractivity contribution in [1.82, 2.24) is 9.97 Å². The molecule has 0 amide bonds. The Morgan fingerprint density at radius 2 is 2.11 bits per heavy atom. The molecule has 0 saturated carbocycles. The van der Waals surface area contributed by atoms with E-state index < -0.39 is 23.4 Å². The molecule has 19 heavy (non-hydrogen) atoms. The lowest BCUT2D eigenvalue weighted by Gasteiger charge is -2.10. The van der Waals surface area contributed by atoms with Crippen LogP contribution in [0, 0.1) is 5.82 Å². The molecular formula is C13H13FN2O3. The normalized spacial score (nSPS) is 12.4. The molecule has 2 aromatic rings. The van der Waals surface area contributed by atoms with Gasteiger partial charge in [0.15, 0.2) is 0 Å². The Hall–Kier alpha value is -2.21. The summed E-state index contributed by atoms with van der Waals surface area (Å²) in [6.45, 7) is 1.67. The van der Waals surface area contributed by atoms with E-state index in [1.807, 2.05) is 0 Å². The van der Waals surface area contributed by atoms with Crippen LogP contribution in [0.4, 0.5) is 4.39 Å². The number of H-pyrrole nitrogens is 1. The number of aromatic hydroxyl groups is 1. The molecule has 1 unspecified atom stereocenters. The van der Waals surface area contributed by atoms with Crippen molar-refractivity contribution in [3.05, 3.63) is 46.3 Å². The van der Waals surface area contributed by atoms with Crippen molar-refractivity contribution in [3.8, 4) is 17.0 Å². The smallest absolute Gasteiger partial charge is 0.262 e. The zero-order chi connectivity index (χ0) is 14.0. The largest absolute Gasteiger partial charge is 0.493 e. The molecule has 100 valence electrons. The minimum Gasteiger partial charge on any atom is -0.493 e. The van der Waals surface area contributed by atoms with Crippen molar-refractivity contribution >= 4 is 0 Å². The average Bonchev–Trinajstić information content (AvgIpc) is 2.39. The van der Waals surface area contributed by atoms with Gasteiger partial charge in [0.05, 0.1) is 0 Å². The number of nitrogens with zero attached hydrogens (tertiary/aromatic N) is 1. The van der Waals surface area contributed by atoms with Crippen LogP contribution < -0.4 is 5.56 Å². The fraction of sp³-hybridized carbons (Fsp3) is 0.231. The first-order valence-corrected chi connectivity index (χ1v) is 5.65. The summed E-state index contributed by atoms with van der Waals surface area (Å²) in [5.74, 6) is -0.935. The molecular weight excluding hydrogens is 251 g/mol. The lowest BCUT2D eigenvalue weighted by atomic mass is 10.1. The average molecular weight is 264 g/mol. The summed E-state index contributed by atoms with van der Waals surface area (Å²) in [4.78, 5) is 18.3. The Morgan fingerprint density at radius 1 is 1.42 bits per heavy atom. The summed E-state index contributed by atoms with van der Waals surface area (Å²) < 4.78 is 18.6. The van der Waals surface area contributed by atoms with Gasteiger partial charge in [0.2, 0.25) is 5.88 Å². The minimum absolute atomic E-state index is 0.00497. The number of hydrogen-bond donors (Lipinski definition) is 2. The zero-order valence-electron chi connectivity index (χ0n) is 10.5. The van der Waals surface area contributed by atoms with Crippen molar-refractivity contribution in [2.75, 3.05) is 7.11 Å². The van der Waals surface area contributed by atoms with Gasteiger partial charge in [-0.2, -0.15) is 4.98 Å². The number of aromatic amines is 1. The quantitative estimate of drug-likeness (QED) is 0.889. The molecule has 0 saturated heterocycles. The molecule has 2 rings (SSSR count).